The molecule has 0 spiro atoms. The van der Waals surface area contributed by atoms with Gasteiger partial charge in [-0.05, 0) is 25.7 Å². The Labute approximate surface area is 131 Å². The zero-order valence-corrected chi connectivity index (χ0v) is 13.0. The first-order chi connectivity index (χ1) is 10.8. The zero-order valence-electron chi connectivity index (χ0n) is 12.2. The predicted octanol–water partition coefficient (Wildman–Crippen LogP) is 1.11. The van der Waals surface area contributed by atoms with Gasteiger partial charge in [0, 0.05) is 29.9 Å². The van der Waals surface area contributed by atoms with Gasteiger partial charge < -0.3 is 9.64 Å². The number of carbonyl (C=O) groups is 1. The number of aromatic nitrogens is 2. The van der Waals surface area contributed by atoms with Gasteiger partial charge in [-0.15, -0.1) is 11.3 Å². The number of hydrogen-bond acceptors (Lipinski definition) is 5. The van der Waals surface area contributed by atoms with Crippen LogP contribution in [0.3, 0.4) is 0 Å². The van der Waals surface area contributed by atoms with Crippen molar-refractivity contribution in [2.75, 3.05) is 26.3 Å². The highest BCUT2D eigenvalue weighted by atomic mass is 32.1. The zero-order chi connectivity index (χ0) is 15.1. The molecule has 2 aromatic heterocycles. The van der Waals surface area contributed by atoms with Gasteiger partial charge in [0.15, 0.2) is 4.96 Å². The molecule has 0 bridgehead atoms. The molecule has 1 aliphatic carbocycles. The summed E-state index contributed by atoms with van der Waals surface area (Å²) in [7, 11) is 0. The van der Waals surface area contributed by atoms with Crippen LogP contribution in [0.1, 0.15) is 33.8 Å². The van der Waals surface area contributed by atoms with Gasteiger partial charge in [0.05, 0.1) is 13.2 Å². The second-order valence-corrected chi connectivity index (χ2v) is 6.74. The molecule has 4 rings (SSSR count). The van der Waals surface area contributed by atoms with E-state index in [1.807, 2.05) is 0 Å². The van der Waals surface area contributed by atoms with Crippen LogP contribution in [0, 0.1) is 0 Å². The highest BCUT2D eigenvalue weighted by Crippen LogP contribution is 2.28. The standard InChI is InChI=1S/C15H17N3O3S/c19-13(17-5-7-21-8-6-17)10-9-16-15-18(14(10)20)11-3-1-2-4-12(11)22-15/h9H,1-8H2. The molecule has 1 fully saturated rings. The van der Waals surface area contributed by atoms with Crippen LogP contribution in [-0.2, 0) is 17.6 Å². The Morgan fingerprint density at radius 2 is 2.00 bits per heavy atom. The van der Waals surface area contributed by atoms with Crippen molar-refractivity contribution in [1.82, 2.24) is 14.3 Å². The van der Waals surface area contributed by atoms with Crippen LogP contribution in [0.15, 0.2) is 11.0 Å². The number of amides is 1. The minimum absolute atomic E-state index is 0.172. The Bertz CT molecular complexity index is 789. The summed E-state index contributed by atoms with van der Waals surface area (Å²) in [6, 6.07) is 0. The third-order valence-corrected chi connectivity index (χ3v) is 5.49. The van der Waals surface area contributed by atoms with Gasteiger partial charge in [0.1, 0.15) is 5.56 Å². The van der Waals surface area contributed by atoms with Crippen LogP contribution in [-0.4, -0.2) is 46.5 Å². The lowest BCUT2D eigenvalue weighted by Crippen LogP contribution is -2.43. The second-order valence-electron chi connectivity index (χ2n) is 5.68. The maximum absolute atomic E-state index is 12.8. The molecule has 116 valence electrons. The van der Waals surface area contributed by atoms with E-state index in [0.717, 1.165) is 31.4 Å². The van der Waals surface area contributed by atoms with Crippen molar-refractivity contribution in [2.24, 2.45) is 0 Å². The van der Waals surface area contributed by atoms with Crippen LogP contribution >= 0.6 is 11.3 Å². The van der Waals surface area contributed by atoms with E-state index in [-0.39, 0.29) is 17.0 Å². The molecule has 6 nitrogen and oxygen atoms in total. The summed E-state index contributed by atoms with van der Waals surface area (Å²) in [5.74, 6) is -0.231. The summed E-state index contributed by atoms with van der Waals surface area (Å²) in [6.45, 7) is 2.11. The highest BCUT2D eigenvalue weighted by molar-refractivity contribution is 7.17. The summed E-state index contributed by atoms with van der Waals surface area (Å²) < 4.78 is 6.92. The number of thiazole rings is 1. The fraction of sp³-hybridized carbons (Fsp3) is 0.533. The summed E-state index contributed by atoms with van der Waals surface area (Å²) in [4.78, 5) is 33.4. The van der Waals surface area contributed by atoms with E-state index in [1.165, 1.54) is 11.1 Å². The van der Waals surface area contributed by atoms with E-state index in [9.17, 15) is 9.59 Å². The van der Waals surface area contributed by atoms with E-state index in [4.69, 9.17) is 4.74 Å². The van der Waals surface area contributed by atoms with Crippen LogP contribution in [0.4, 0.5) is 0 Å². The van der Waals surface area contributed by atoms with E-state index in [0.29, 0.717) is 31.3 Å². The molecule has 0 radical (unpaired) electrons. The van der Waals surface area contributed by atoms with Crippen molar-refractivity contribution >= 4 is 22.2 Å². The average Bonchev–Trinajstić information content (AvgIpc) is 2.95. The fourth-order valence-corrected chi connectivity index (χ4v) is 4.32. The van der Waals surface area contributed by atoms with Gasteiger partial charge in [-0.25, -0.2) is 4.98 Å². The molecule has 7 heteroatoms. The molecule has 1 saturated heterocycles. The SMILES string of the molecule is O=C(c1cnc2sc3c(n2c1=O)CCCC3)N1CCOCC1. The van der Waals surface area contributed by atoms with Crippen LogP contribution in [0.5, 0.6) is 0 Å². The number of rotatable bonds is 1. The monoisotopic (exact) mass is 319 g/mol. The molecule has 1 aliphatic heterocycles. The summed E-state index contributed by atoms with van der Waals surface area (Å²) in [5, 5.41) is 0. The van der Waals surface area contributed by atoms with E-state index >= 15 is 0 Å². The van der Waals surface area contributed by atoms with Gasteiger partial charge >= 0.3 is 0 Å². The van der Waals surface area contributed by atoms with Crippen molar-refractivity contribution in [3.05, 3.63) is 32.7 Å². The molecule has 1 amide bonds. The first kappa shape index (κ1) is 13.9. The van der Waals surface area contributed by atoms with Crippen molar-refractivity contribution in [2.45, 2.75) is 25.7 Å². The van der Waals surface area contributed by atoms with E-state index in [1.54, 1.807) is 20.6 Å². The van der Waals surface area contributed by atoms with Crippen molar-refractivity contribution in [3.8, 4) is 0 Å². The Balaban J connectivity index is 1.80. The first-order valence-corrected chi connectivity index (χ1v) is 8.46. The van der Waals surface area contributed by atoms with Gasteiger partial charge in [0.25, 0.3) is 11.5 Å². The Kier molecular flexibility index (Phi) is 3.46. The molecule has 2 aliphatic rings. The van der Waals surface area contributed by atoms with Gasteiger partial charge in [-0.2, -0.15) is 0 Å². The number of ether oxygens (including phenoxy) is 1. The minimum Gasteiger partial charge on any atom is -0.378 e. The number of morpholine rings is 1. The molecular weight excluding hydrogens is 302 g/mol. The fourth-order valence-electron chi connectivity index (χ4n) is 3.15. The molecule has 2 aromatic rings. The molecule has 3 heterocycles. The quantitative estimate of drug-likeness (QED) is 0.790. The largest absolute Gasteiger partial charge is 0.378 e. The van der Waals surface area contributed by atoms with Gasteiger partial charge in [-0.3, -0.25) is 14.0 Å². The highest BCUT2D eigenvalue weighted by Gasteiger charge is 2.25. The van der Waals surface area contributed by atoms with Crippen molar-refractivity contribution in [3.63, 3.8) is 0 Å². The van der Waals surface area contributed by atoms with Crippen LogP contribution in [0.2, 0.25) is 0 Å². The maximum atomic E-state index is 12.8. The van der Waals surface area contributed by atoms with Crippen molar-refractivity contribution in [1.29, 1.82) is 0 Å². The van der Waals surface area contributed by atoms with Gasteiger partial charge in [-0.1, -0.05) is 0 Å². The molecule has 0 aromatic carbocycles. The molecule has 0 atom stereocenters. The Morgan fingerprint density at radius 1 is 1.23 bits per heavy atom. The van der Waals surface area contributed by atoms with Crippen molar-refractivity contribution < 1.29 is 9.53 Å². The Hall–Kier alpha value is -1.73. The number of nitrogens with zero attached hydrogens (tertiary/aromatic N) is 3. The third kappa shape index (κ3) is 2.16. The lowest BCUT2D eigenvalue weighted by Gasteiger charge is -2.26. The van der Waals surface area contributed by atoms with Gasteiger partial charge in [0.2, 0.25) is 0 Å². The number of carbonyl (C=O) groups excluding carboxylic acids is 1. The maximum Gasteiger partial charge on any atom is 0.271 e. The molecular formula is C15H17N3O3S. The number of hydrogen-bond donors (Lipinski definition) is 0. The van der Waals surface area contributed by atoms with E-state index < -0.39 is 0 Å². The topological polar surface area (TPSA) is 63.9 Å². The smallest absolute Gasteiger partial charge is 0.271 e. The minimum atomic E-state index is -0.231. The van der Waals surface area contributed by atoms with Crippen LogP contribution in [0.25, 0.3) is 4.96 Å². The second kappa shape index (κ2) is 5.48. The number of fused-ring (bicyclic) bond motifs is 3. The third-order valence-electron chi connectivity index (χ3n) is 4.33. The molecule has 0 saturated carbocycles. The van der Waals surface area contributed by atoms with Crippen LogP contribution < -0.4 is 5.56 Å². The van der Waals surface area contributed by atoms with E-state index in [2.05, 4.69) is 4.98 Å². The molecule has 22 heavy (non-hydrogen) atoms. The predicted molar refractivity (Wildman–Crippen MR) is 82.7 cm³/mol. The summed E-state index contributed by atoms with van der Waals surface area (Å²) in [6.07, 6.45) is 5.60. The lowest BCUT2D eigenvalue weighted by atomic mass is 10.0. The summed E-state index contributed by atoms with van der Waals surface area (Å²) in [5.41, 5.74) is 1.01. The Morgan fingerprint density at radius 3 is 2.82 bits per heavy atom. The normalized spacial score (nSPS) is 18.5. The first-order valence-electron chi connectivity index (χ1n) is 7.65. The summed E-state index contributed by atoms with van der Waals surface area (Å²) >= 11 is 1.58. The molecule has 0 N–H and O–H groups in total. The lowest BCUT2D eigenvalue weighted by molar-refractivity contribution is 0.0301. The number of aryl methyl sites for hydroxylation is 2. The molecule has 0 unspecified atom stereocenters. The average molecular weight is 319 g/mol.